The number of nitrogens with zero attached hydrogens (tertiary/aromatic N) is 2. The van der Waals surface area contributed by atoms with Crippen LogP contribution in [0.1, 0.15) is 10.4 Å². The van der Waals surface area contributed by atoms with Crippen molar-refractivity contribution in [2.45, 2.75) is 0 Å². The zero-order chi connectivity index (χ0) is 13.4. The maximum absolute atomic E-state index is 12.5. The van der Waals surface area contributed by atoms with Crippen molar-refractivity contribution >= 4 is 5.91 Å². The van der Waals surface area contributed by atoms with Crippen LogP contribution in [-0.2, 0) is 0 Å². The van der Waals surface area contributed by atoms with Gasteiger partial charge in [-0.15, -0.1) is 0 Å². The van der Waals surface area contributed by atoms with Gasteiger partial charge in [0.25, 0.3) is 5.91 Å². The molecule has 0 aromatic heterocycles. The molecule has 19 heavy (non-hydrogen) atoms. The lowest BCUT2D eigenvalue weighted by Gasteiger charge is -2.19. The van der Waals surface area contributed by atoms with Crippen molar-refractivity contribution < 1.29 is 9.53 Å². The highest BCUT2D eigenvalue weighted by Crippen LogP contribution is 2.31. The third kappa shape index (κ3) is 2.32. The number of carbonyl (C=O) groups is 1. The molecular weight excluding hydrogens is 240 g/mol. The summed E-state index contributed by atoms with van der Waals surface area (Å²) in [5.41, 5.74) is 0.729. The lowest BCUT2D eigenvalue weighted by molar-refractivity contribution is 0.0775. The Morgan fingerprint density at radius 3 is 2.53 bits per heavy atom. The summed E-state index contributed by atoms with van der Waals surface area (Å²) in [6, 6.07) is 7.43. The highest BCUT2D eigenvalue weighted by atomic mass is 16.5. The van der Waals surface area contributed by atoms with E-state index < -0.39 is 0 Å². The van der Waals surface area contributed by atoms with Crippen molar-refractivity contribution in [3.05, 3.63) is 29.8 Å². The fourth-order valence-electron chi connectivity index (χ4n) is 3.33. The van der Waals surface area contributed by atoms with Crippen molar-refractivity contribution in [1.29, 1.82) is 0 Å². The van der Waals surface area contributed by atoms with Gasteiger partial charge in [0.2, 0.25) is 0 Å². The van der Waals surface area contributed by atoms with Gasteiger partial charge in [0.15, 0.2) is 0 Å². The summed E-state index contributed by atoms with van der Waals surface area (Å²) in [5.74, 6) is 2.18. The number of benzene rings is 1. The zero-order valence-electron chi connectivity index (χ0n) is 11.5. The summed E-state index contributed by atoms with van der Waals surface area (Å²) in [5, 5.41) is 0. The van der Waals surface area contributed by atoms with E-state index in [9.17, 15) is 4.79 Å². The topological polar surface area (TPSA) is 32.8 Å². The van der Waals surface area contributed by atoms with E-state index in [2.05, 4.69) is 11.9 Å². The number of rotatable bonds is 2. The number of amides is 1. The molecule has 0 spiro atoms. The second kappa shape index (κ2) is 4.85. The molecule has 0 bridgehead atoms. The van der Waals surface area contributed by atoms with Crippen molar-refractivity contribution in [1.82, 2.24) is 9.80 Å². The summed E-state index contributed by atoms with van der Waals surface area (Å²) in [7, 11) is 3.78. The smallest absolute Gasteiger partial charge is 0.254 e. The molecular formula is C15H20N2O2. The average Bonchev–Trinajstić information content (AvgIpc) is 2.95. The van der Waals surface area contributed by atoms with E-state index in [1.54, 1.807) is 7.11 Å². The number of hydrogen-bond acceptors (Lipinski definition) is 3. The van der Waals surface area contributed by atoms with Crippen molar-refractivity contribution in [3.63, 3.8) is 0 Å². The molecule has 1 amide bonds. The summed E-state index contributed by atoms with van der Waals surface area (Å²) in [4.78, 5) is 16.8. The molecule has 1 aromatic carbocycles. The van der Waals surface area contributed by atoms with Gasteiger partial charge in [0, 0.05) is 31.7 Å². The molecule has 3 rings (SSSR count). The maximum Gasteiger partial charge on any atom is 0.254 e. The Kier molecular flexibility index (Phi) is 3.19. The first-order chi connectivity index (χ1) is 9.17. The van der Waals surface area contributed by atoms with Gasteiger partial charge in [-0.1, -0.05) is 6.07 Å². The predicted octanol–water partition coefficient (Wildman–Crippen LogP) is 1.33. The average molecular weight is 260 g/mol. The van der Waals surface area contributed by atoms with Crippen molar-refractivity contribution in [2.75, 3.05) is 40.3 Å². The molecule has 0 saturated carbocycles. The zero-order valence-corrected chi connectivity index (χ0v) is 11.5. The fourth-order valence-corrected chi connectivity index (χ4v) is 3.33. The fraction of sp³-hybridized carbons (Fsp3) is 0.533. The van der Waals surface area contributed by atoms with Crippen LogP contribution < -0.4 is 4.74 Å². The van der Waals surface area contributed by atoms with Crippen LogP contribution in [0.5, 0.6) is 5.75 Å². The Morgan fingerprint density at radius 2 is 1.89 bits per heavy atom. The lowest BCUT2D eigenvalue weighted by atomic mass is 10.0. The minimum atomic E-state index is 0.135. The minimum absolute atomic E-state index is 0.135. The van der Waals surface area contributed by atoms with Gasteiger partial charge in [-0.2, -0.15) is 0 Å². The molecule has 0 aliphatic carbocycles. The Hall–Kier alpha value is -1.55. The van der Waals surface area contributed by atoms with Crippen LogP contribution in [0.25, 0.3) is 0 Å². The molecule has 2 atom stereocenters. The van der Waals surface area contributed by atoms with E-state index in [1.807, 2.05) is 29.2 Å². The Bertz CT molecular complexity index is 475. The number of fused-ring (bicyclic) bond motifs is 1. The van der Waals surface area contributed by atoms with Gasteiger partial charge >= 0.3 is 0 Å². The molecule has 2 aliphatic rings. The largest absolute Gasteiger partial charge is 0.497 e. The molecule has 2 heterocycles. The lowest BCUT2D eigenvalue weighted by Crippen LogP contribution is -2.32. The van der Waals surface area contributed by atoms with Crippen LogP contribution in [0.4, 0.5) is 0 Å². The standard InChI is InChI=1S/C15H20N2O2/c1-16-7-12-9-17(10-13(12)8-16)15(18)11-4-3-5-14(6-11)19-2/h3-6,12-13H,7-10H2,1-2H3. The summed E-state index contributed by atoms with van der Waals surface area (Å²) < 4.78 is 5.18. The van der Waals surface area contributed by atoms with Crippen LogP contribution in [-0.4, -0.2) is 56.0 Å². The van der Waals surface area contributed by atoms with Crippen molar-refractivity contribution in [3.8, 4) is 5.75 Å². The molecule has 0 radical (unpaired) electrons. The van der Waals surface area contributed by atoms with Gasteiger partial charge in [-0.3, -0.25) is 4.79 Å². The SMILES string of the molecule is COc1cccc(C(=O)N2CC3CN(C)CC3C2)c1. The first-order valence-electron chi connectivity index (χ1n) is 6.79. The van der Waals surface area contributed by atoms with E-state index >= 15 is 0 Å². The van der Waals surface area contributed by atoms with Gasteiger partial charge < -0.3 is 14.5 Å². The van der Waals surface area contributed by atoms with Crippen LogP contribution in [0, 0.1) is 11.8 Å². The molecule has 2 saturated heterocycles. The normalized spacial score (nSPS) is 26.5. The number of methoxy groups -OCH3 is 1. The summed E-state index contributed by atoms with van der Waals surface area (Å²) in [6.45, 7) is 4.02. The minimum Gasteiger partial charge on any atom is -0.497 e. The third-order valence-corrected chi connectivity index (χ3v) is 4.27. The molecule has 1 aromatic rings. The molecule has 0 N–H and O–H groups in total. The quantitative estimate of drug-likeness (QED) is 0.804. The Morgan fingerprint density at radius 1 is 1.21 bits per heavy atom. The molecule has 2 aliphatic heterocycles. The van der Waals surface area contributed by atoms with Gasteiger partial charge in [0.1, 0.15) is 5.75 Å². The van der Waals surface area contributed by atoms with Crippen LogP contribution in [0.2, 0.25) is 0 Å². The first kappa shape index (κ1) is 12.5. The number of hydrogen-bond donors (Lipinski definition) is 0. The van der Waals surface area contributed by atoms with E-state index in [-0.39, 0.29) is 5.91 Å². The summed E-state index contributed by atoms with van der Waals surface area (Å²) >= 11 is 0. The second-order valence-corrected chi connectivity index (χ2v) is 5.68. The monoisotopic (exact) mass is 260 g/mol. The van der Waals surface area contributed by atoms with E-state index in [0.717, 1.165) is 37.5 Å². The highest BCUT2D eigenvalue weighted by Gasteiger charge is 2.40. The number of carbonyl (C=O) groups excluding carboxylic acids is 1. The van der Waals surface area contributed by atoms with Crippen LogP contribution in [0.3, 0.4) is 0 Å². The Balaban J connectivity index is 1.72. The summed E-state index contributed by atoms with van der Waals surface area (Å²) in [6.07, 6.45) is 0. The molecule has 102 valence electrons. The molecule has 4 nitrogen and oxygen atoms in total. The van der Waals surface area contributed by atoms with E-state index in [4.69, 9.17) is 4.74 Å². The van der Waals surface area contributed by atoms with Gasteiger partial charge in [-0.25, -0.2) is 0 Å². The first-order valence-corrected chi connectivity index (χ1v) is 6.79. The molecule has 2 fully saturated rings. The number of likely N-dealkylation sites (tertiary alicyclic amines) is 2. The predicted molar refractivity (Wildman–Crippen MR) is 73.4 cm³/mol. The second-order valence-electron chi connectivity index (χ2n) is 5.68. The third-order valence-electron chi connectivity index (χ3n) is 4.27. The highest BCUT2D eigenvalue weighted by molar-refractivity contribution is 5.94. The molecule has 4 heteroatoms. The maximum atomic E-state index is 12.5. The van der Waals surface area contributed by atoms with Gasteiger partial charge in [0.05, 0.1) is 7.11 Å². The van der Waals surface area contributed by atoms with Crippen LogP contribution in [0.15, 0.2) is 24.3 Å². The van der Waals surface area contributed by atoms with Gasteiger partial charge in [-0.05, 0) is 37.1 Å². The van der Waals surface area contributed by atoms with E-state index in [1.165, 1.54) is 0 Å². The molecule has 2 unspecified atom stereocenters. The van der Waals surface area contributed by atoms with E-state index in [0.29, 0.717) is 11.8 Å². The number of ether oxygens (including phenoxy) is 1. The Labute approximate surface area is 113 Å². The van der Waals surface area contributed by atoms with Crippen LogP contribution >= 0.6 is 0 Å². The van der Waals surface area contributed by atoms with Crippen molar-refractivity contribution in [2.24, 2.45) is 11.8 Å².